The second-order valence-corrected chi connectivity index (χ2v) is 5.35. The number of nitrogens with one attached hydrogen (secondary N) is 1. The molecule has 0 aliphatic carbocycles. The average molecular weight is 289 g/mol. The number of amides is 1. The van der Waals surface area contributed by atoms with E-state index < -0.39 is 17.9 Å². The highest BCUT2D eigenvalue weighted by molar-refractivity contribution is 7.19. The molecular formula is C14H13N2O3S-. The second-order valence-electron chi connectivity index (χ2n) is 4.27. The number of hydrogen-bond donors (Lipinski definition) is 2. The van der Waals surface area contributed by atoms with Gasteiger partial charge in [0, 0.05) is 4.88 Å². The minimum atomic E-state index is -1.34. The lowest BCUT2D eigenvalue weighted by atomic mass is 10.1. The predicted octanol–water partition coefficient (Wildman–Crippen LogP) is 0.866. The number of benzene rings is 1. The van der Waals surface area contributed by atoms with Crippen molar-refractivity contribution in [2.45, 2.75) is 13.0 Å². The normalized spacial score (nSPS) is 11.8. The summed E-state index contributed by atoms with van der Waals surface area (Å²) in [5.74, 6) is -1.85. The van der Waals surface area contributed by atoms with Crippen LogP contribution in [0.5, 0.6) is 0 Å². The third-order valence-corrected chi connectivity index (χ3v) is 3.78. The molecule has 3 N–H and O–H groups in total. The fraction of sp³-hybridized carbons (Fsp3) is 0.143. The van der Waals surface area contributed by atoms with Crippen LogP contribution in [-0.4, -0.2) is 17.9 Å². The summed E-state index contributed by atoms with van der Waals surface area (Å²) in [5, 5.41) is 13.3. The zero-order valence-corrected chi connectivity index (χ0v) is 11.6. The Hall–Kier alpha value is -2.34. The Labute approximate surface area is 120 Å². The van der Waals surface area contributed by atoms with Crippen molar-refractivity contribution in [1.29, 1.82) is 0 Å². The molecule has 1 aromatic carbocycles. The van der Waals surface area contributed by atoms with E-state index in [-0.39, 0.29) is 5.56 Å². The van der Waals surface area contributed by atoms with Crippen molar-refractivity contribution >= 4 is 28.2 Å². The molecule has 0 bridgehead atoms. The fourth-order valence-corrected chi connectivity index (χ4v) is 2.59. The van der Waals surface area contributed by atoms with Crippen molar-refractivity contribution in [2.75, 3.05) is 5.73 Å². The lowest BCUT2D eigenvalue weighted by molar-refractivity contribution is -0.307. The molecule has 6 heteroatoms. The number of carboxylic acid groups (broad SMARTS) is 1. The van der Waals surface area contributed by atoms with Crippen molar-refractivity contribution < 1.29 is 14.7 Å². The summed E-state index contributed by atoms with van der Waals surface area (Å²) in [6.45, 7) is 1.34. The van der Waals surface area contributed by atoms with Crippen molar-refractivity contribution in [3.05, 3.63) is 42.0 Å². The van der Waals surface area contributed by atoms with Crippen LogP contribution in [0.4, 0.5) is 5.00 Å². The molecule has 0 aliphatic heterocycles. The second kappa shape index (κ2) is 5.75. The quantitative estimate of drug-likeness (QED) is 0.873. The Bertz CT molecular complexity index is 637. The number of hydrogen-bond acceptors (Lipinski definition) is 5. The Balaban J connectivity index is 2.24. The SMILES string of the molecule is C[C@H](NC(=O)c1cc(-c2ccccc2)sc1N)C(=O)[O-]. The highest BCUT2D eigenvalue weighted by atomic mass is 32.1. The maximum atomic E-state index is 11.9. The van der Waals surface area contributed by atoms with E-state index in [0.29, 0.717) is 5.00 Å². The predicted molar refractivity (Wildman–Crippen MR) is 76.1 cm³/mol. The van der Waals surface area contributed by atoms with Gasteiger partial charge >= 0.3 is 0 Å². The van der Waals surface area contributed by atoms with Crippen LogP contribution in [0.1, 0.15) is 17.3 Å². The van der Waals surface area contributed by atoms with Gasteiger partial charge in [0.25, 0.3) is 5.91 Å². The van der Waals surface area contributed by atoms with E-state index in [1.54, 1.807) is 6.07 Å². The third kappa shape index (κ3) is 2.97. The van der Waals surface area contributed by atoms with Crippen LogP contribution in [0.25, 0.3) is 10.4 Å². The molecule has 0 radical (unpaired) electrons. The highest BCUT2D eigenvalue weighted by Gasteiger charge is 2.17. The lowest BCUT2D eigenvalue weighted by Gasteiger charge is -2.14. The molecule has 0 aliphatic rings. The number of nitrogen functional groups attached to an aromatic ring is 1. The van der Waals surface area contributed by atoms with Crippen molar-refractivity contribution in [1.82, 2.24) is 5.32 Å². The Morgan fingerprint density at radius 3 is 2.55 bits per heavy atom. The zero-order valence-electron chi connectivity index (χ0n) is 10.8. The molecule has 1 heterocycles. The average Bonchev–Trinajstić information content (AvgIpc) is 2.81. The van der Waals surface area contributed by atoms with Crippen LogP contribution in [0, 0.1) is 0 Å². The molecule has 20 heavy (non-hydrogen) atoms. The van der Waals surface area contributed by atoms with Crippen LogP contribution in [0.2, 0.25) is 0 Å². The maximum Gasteiger partial charge on any atom is 0.254 e. The number of aliphatic carboxylic acids is 1. The molecule has 1 aromatic heterocycles. The van der Waals surface area contributed by atoms with Gasteiger partial charge in [0.1, 0.15) is 0 Å². The standard InChI is InChI=1S/C14H14N2O3S/c1-8(14(18)19)16-13(17)10-7-11(20-12(10)15)9-5-3-2-4-6-9/h2-8H,15H2,1H3,(H,16,17)(H,18,19)/p-1/t8-/m0/s1. The highest BCUT2D eigenvalue weighted by Crippen LogP contribution is 2.33. The number of carbonyl (C=O) groups excluding carboxylic acids is 2. The van der Waals surface area contributed by atoms with E-state index >= 15 is 0 Å². The Morgan fingerprint density at radius 2 is 1.95 bits per heavy atom. The van der Waals surface area contributed by atoms with E-state index in [9.17, 15) is 14.7 Å². The summed E-state index contributed by atoms with van der Waals surface area (Å²) in [7, 11) is 0. The van der Waals surface area contributed by atoms with Gasteiger partial charge in [-0.05, 0) is 18.6 Å². The van der Waals surface area contributed by atoms with Gasteiger partial charge in [-0.25, -0.2) is 0 Å². The lowest BCUT2D eigenvalue weighted by Crippen LogP contribution is -2.45. The van der Waals surface area contributed by atoms with E-state index in [2.05, 4.69) is 5.32 Å². The summed E-state index contributed by atoms with van der Waals surface area (Å²) in [5.41, 5.74) is 7.06. The zero-order chi connectivity index (χ0) is 14.7. The molecule has 5 nitrogen and oxygen atoms in total. The number of nitrogens with two attached hydrogens (primary N) is 1. The summed E-state index contributed by atoms with van der Waals surface area (Å²) in [4.78, 5) is 23.4. The first-order chi connectivity index (χ1) is 9.49. The first-order valence-corrected chi connectivity index (χ1v) is 6.77. The van der Waals surface area contributed by atoms with E-state index in [4.69, 9.17) is 5.73 Å². The van der Waals surface area contributed by atoms with Gasteiger partial charge in [-0.15, -0.1) is 11.3 Å². The third-order valence-electron chi connectivity index (χ3n) is 2.76. The largest absolute Gasteiger partial charge is 0.548 e. The summed E-state index contributed by atoms with van der Waals surface area (Å²) >= 11 is 1.29. The topological polar surface area (TPSA) is 95.2 Å². The molecule has 104 valence electrons. The van der Waals surface area contributed by atoms with E-state index in [0.717, 1.165) is 10.4 Å². The fourth-order valence-electron chi connectivity index (χ4n) is 1.66. The van der Waals surface area contributed by atoms with Gasteiger partial charge in [-0.1, -0.05) is 30.3 Å². The van der Waals surface area contributed by atoms with Crippen LogP contribution < -0.4 is 16.2 Å². The monoisotopic (exact) mass is 289 g/mol. The van der Waals surface area contributed by atoms with E-state index in [1.807, 2.05) is 30.3 Å². The molecule has 0 saturated heterocycles. The molecule has 1 atom stereocenters. The van der Waals surface area contributed by atoms with Crippen LogP contribution in [-0.2, 0) is 4.79 Å². The van der Waals surface area contributed by atoms with E-state index in [1.165, 1.54) is 18.3 Å². The summed E-state index contributed by atoms with van der Waals surface area (Å²) in [6, 6.07) is 10.1. The van der Waals surface area contributed by atoms with Gasteiger partial charge in [-0.3, -0.25) is 4.79 Å². The van der Waals surface area contributed by atoms with Gasteiger partial charge in [0.05, 0.1) is 22.6 Å². The van der Waals surface area contributed by atoms with Crippen molar-refractivity contribution in [2.24, 2.45) is 0 Å². The van der Waals surface area contributed by atoms with Crippen LogP contribution in [0.3, 0.4) is 0 Å². The van der Waals surface area contributed by atoms with Crippen LogP contribution in [0.15, 0.2) is 36.4 Å². The maximum absolute atomic E-state index is 11.9. The number of carboxylic acids is 1. The molecule has 0 saturated carbocycles. The number of thiophene rings is 1. The summed E-state index contributed by atoms with van der Waals surface area (Å²) < 4.78 is 0. The Morgan fingerprint density at radius 1 is 1.30 bits per heavy atom. The molecule has 0 fully saturated rings. The summed E-state index contributed by atoms with van der Waals surface area (Å²) in [6.07, 6.45) is 0. The van der Waals surface area contributed by atoms with Crippen molar-refractivity contribution in [3.63, 3.8) is 0 Å². The molecule has 2 rings (SSSR count). The molecule has 0 spiro atoms. The molecule has 0 unspecified atom stereocenters. The number of carbonyl (C=O) groups is 2. The minimum absolute atomic E-state index is 0.280. The number of anilines is 1. The number of rotatable bonds is 4. The first kappa shape index (κ1) is 14.1. The minimum Gasteiger partial charge on any atom is -0.548 e. The van der Waals surface area contributed by atoms with Gasteiger partial charge in [0.15, 0.2) is 0 Å². The smallest absolute Gasteiger partial charge is 0.254 e. The molecular weight excluding hydrogens is 276 g/mol. The van der Waals surface area contributed by atoms with Gasteiger partial charge < -0.3 is 21.0 Å². The van der Waals surface area contributed by atoms with Gasteiger partial charge in [-0.2, -0.15) is 0 Å². The first-order valence-electron chi connectivity index (χ1n) is 5.95. The molecule has 2 aromatic rings. The van der Waals surface area contributed by atoms with Crippen LogP contribution >= 0.6 is 11.3 Å². The van der Waals surface area contributed by atoms with Crippen molar-refractivity contribution in [3.8, 4) is 10.4 Å². The Kier molecular flexibility index (Phi) is 4.05. The molecule has 1 amide bonds. The van der Waals surface area contributed by atoms with Gasteiger partial charge in [0.2, 0.25) is 0 Å².